The molecule has 0 spiro atoms. The summed E-state index contributed by atoms with van der Waals surface area (Å²) in [6, 6.07) is 14.5. The smallest absolute Gasteiger partial charge is 0.296 e. The molecule has 1 amide bonds. The highest BCUT2D eigenvalue weighted by Crippen LogP contribution is 2.42. The van der Waals surface area contributed by atoms with Crippen LogP contribution in [0.4, 0.5) is 0 Å². The number of carbonyl (C=O) groups is 2. The highest BCUT2D eigenvalue weighted by molar-refractivity contribution is 6.46. The third kappa shape index (κ3) is 4.22. The van der Waals surface area contributed by atoms with E-state index in [4.69, 9.17) is 18.6 Å². The molecule has 4 rings (SSSR count). The lowest BCUT2D eigenvalue weighted by atomic mass is 9.94. The maximum absolute atomic E-state index is 13.2. The largest absolute Gasteiger partial charge is 0.507 e. The van der Waals surface area contributed by atoms with Gasteiger partial charge in [0.05, 0.1) is 50.8 Å². The van der Waals surface area contributed by atoms with Crippen molar-refractivity contribution in [3.8, 4) is 17.2 Å². The summed E-state index contributed by atoms with van der Waals surface area (Å²) in [5.41, 5.74) is 0.832. The quantitative estimate of drug-likeness (QED) is 0.302. The molecule has 1 atom stereocenters. The first kappa shape index (κ1) is 23.0. The van der Waals surface area contributed by atoms with Crippen molar-refractivity contribution in [1.29, 1.82) is 0 Å². The van der Waals surface area contributed by atoms with Gasteiger partial charge in [-0.15, -0.1) is 0 Å². The van der Waals surface area contributed by atoms with E-state index in [0.29, 0.717) is 35.2 Å². The molecule has 1 aliphatic heterocycles. The van der Waals surface area contributed by atoms with Gasteiger partial charge in [0.15, 0.2) is 0 Å². The predicted octanol–water partition coefficient (Wildman–Crippen LogP) is 4.32. The third-order valence-corrected chi connectivity index (χ3v) is 5.61. The molecule has 8 heteroatoms. The van der Waals surface area contributed by atoms with Crippen LogP contribution in [0.2, 0.25) is 0 Å². The number of rotatable bonds is 8. The highest BCUT2D eigenvalue weighted by Gasteiger charge is 2.46. The van der Waals surface area contributed by atoms with E-state index in [1.165, 1.54) is 25.4 Å². The molecule has 0 radical (unpaired) electrons. The molecule has 34 heavy (non-hydrogen) atoms. The Hall–Kier alpha value is -4.20. The lowest BCUT2D eigenvalue weighted by molar-refractivity contribution is -0.140. The molecule has 0 aliphatic carbocycles. The number of hydrogen-bond acceptors (Lipinski definition) is 7. The summed E-state index contributed by atoms with van der Waals surface area (Å²) in [6.07, 6.45) is 1.50. The maximum atomic E-state index is 13.2. The second-order valence-corrected chi connectivity index (χ2v) is 7.57. The van der Waals surface area contributed by atoms with Gasteiger partial charge in [0, 0.05) is 0 Å². The first-order valence-corrected chi connectivity index (χ1v) is 10.7. The van der Waals surface area contributed by atoms with Gasteiger partial charge in [-0.05, 0) is 55.0 Å². The molecule has 1 fully saturated rings. The van der Waals surface area contributed by atoms with Crippen LogP contribution in [0.15, 0.2) is 70.9 Å². The first-order chi connectivity index (χ1) is 16.5. The zero-order chi connectivity index (χ0) is 24.2. The Bertz CT molecular complexity index is 1210. The van der Waals surface area contributed by atoms with E-state index in [0.717, 1.165) is 0 Å². The molecule has 2 aromatic carbocycles. The van der Waals surface area contributed by atoms with Crippen LogP contribution in [0.25, 0.3) is 5.76 Å². The summed E-state index contributed by atoms with van der Waals surface area (Å²) < 4.78 is 21.6. The number of ketones is 1. The Balaban J connectivity index is 1.88. The van der Waals surface area contributed by atoms with Crippen molar-refractivity contribution in [3.63, 3.8) is 0 Å². The summed E-state index contributed by atoms with van der Waals surface area (Å²) in [7, 11) is 2.95. The summed E-state index contributed by atoms with van der Waals surface area (Å²) >= 11 is 0. The molecule has 1 saturated heterocycles. The number of ether oxygens (including phenoxy) is 3. The molecule has 0 saturated carbocycles. The molecule has 1 aliphatic rings. The Kier molecular flexibility index (Phi) is 6.58. The molecule has 1 N–H and O–H groups in total. The fraction of sp³-hybridized carbons (Fsp3) is 0.231. The summed E-state index contributed by atoms with van der Waals surface area (Å²) in [4.78, 5) is 27.7. The SMILES string of the molecule is CCOc1ccc(C2/C(=C(\O)c3cc(OC)ccc3OC)C(=O)C(=O)N2Cc2ccco2)cc1. The molecular weight excluding hydrogens is 438 g/mol. The topological polar surface area (TPSA) is 98.4 Å². The van der Waals surface area contributed by atoms with E-state index < -0.39 is 17.7 Å². The van der Waals surface area contributed by atoms with Crippen molar-refractivity contribution in [1.82, 2.24) is 4.90 Å². The number of hydrogen-bond donors (Lipinski definition) is 1. The van der Waals surface area contributed by atoms with Crippen molar-refractivity contribution >= 4 is 17.4 Å². The van der Waals surface area contributed by atoms with Crippen molar-refractivity contribution in [2.75, 3.05) is 20.8 Å². The van der Waals surface area contributed by atoms with E-state index in [1.807, 2.05) is 6.92 Å². The first-order valence-electron chi connectivity index (χ1n) is 10.7. The van der Waals surface area contributed by atoms with Crippen molar-refractivity contribution in [2.45, 2.75) is 19.5 Å². The zero-order valence-electron chi connectivity index (χ0n) is 19.1. The van der Waals surface area contributed by atoms with E-state index >= 15 is 0 Å². The number of furan rings is 1. The fourth-order valence-corrected chi connectivity index (χ4v) is 4.02. The van der Waals surface area contributed by atoms with E-state index in [9.17, 15) is 14.7 Å². The number of amides is 1. The minimum Gasteiger partial charge on any atom is -0.507 e. The standard InChI is InChI=1S/C26H25NO7/c1-4-33-17-9-7-16(8-10-17)23-22(24(28)20-14-18(31-2)11-12-21(20)32-3)25(29)26(30)27(23)15-19-6-5-13-34-19/h5-14,23,28H,4,15H2,1-3H3/b24-22+. The third-order valence-electron chi connectivity index (χ3n) is 5.61. The van der Waals surface area contributed by atoms with Gasteiger partial charge in [0.25, 0.3) is 11.7 Å². The van der Waals surface area contributed by atoms with Crippen LogP contribution in [0, 0.1) is 0 Å². The van der Waals surface area contributed by atoms with E-state index in [1.54, 1.807) is 54.6 Å². The number of carbonyl (C=O) groups excluding carboxylic acids is 2. The van der Waals surface area contributed by atoms with Gasteiger partial charge in [0.2, 0.25) is 0 Å². The summed E-state index contributed by atoms with van der Waals surface area (Å²) in [5.74, 6) is 0.0766. The molecule has 1 unspecified atom stereocenters. The Morgan fingerprint density at radius 1 is 1.03 bits per heavy atom. The Morgan fingerprint density at radius 2 is 1.76 bits per heavy atom. The van der Waals surface area contributed by atoms with Crippen LogP contribution < -0.4 is 14.2 Å². The van der Waals surface area contributed by atoms with Gasteiger partial charge >= 0.3 is 0 Å². The van der Waals surface area contributed by atoms with Gasteiger partial charge in [0.1, 0.15) is 28.8 Å². The Labute approximate surface area is 197 Å². The normalized spacial score (nSPS) is 17.1. The summed E-state index contributed by atoms with van der Waals surface area (Å²) in [5, 5.41) is 11.4. The summed E-state index contributed by atoms with van der Waals surface area (Å²) in [6.45, 7) is 2.45. The second-order valence-electron chi connectivity index (χ2n) is 7.57. The monoisotopic (exact) mass is 463 g/mol. The zero-order valence-corrected chi connectivity index (χ0v) is 19.1. The molecule has 2 heterocycles. The van der Waals surface area contributed by atoms with Gasteiger partial charge < -0.3 is 28.6 Å². The molecular formula is C26H25NO7. The van der Waals surface area contributed by atoms with E-state index in [2.05, 4.69) is 0 Å². The molecule has 8 nitrogen and oxygen atoms in total. The van der Waals surface area contributed by atoms with Crippen molar-refractivity contribution < 1.29 is 33.3 Å². The molecule has 0 bridgehead atoms. The number of nitrogens with zero attached hydrogens (tertiary/aromatic N) is 1. The highest BCUT2D eigenvalue weighted by atomic mass is 16.5. The lowest BCUT2D eigenvalue weighted by Gasteiger charge is -2.25. The maximum Gasteiger partial charge on any atom is 0.296 e. The lowest BCUT2D eigenvalue weighted by Crippen LogP contribution is -2.29. The molecule has 176 valence electrons. The van der Waals surface area contributed by atoms with Gasteiger partial charge in [-0.3, -0.25) is 9.59 Å². The van der Waals surface area contributed by atoms with Gasteiger partial charge in [-0.2, -0.15) is 0 Å². The predicted molar refractivity (Wildman–Crippen MR) is 124 cm³/mol. The molecule has 1 aromatic heterocycles. The van der Waals surface area contributed by atoms with Gasteiger partial charge in [-0.25, -0.2) is 0 Å². The number of Topliss-reactive ketones (excluding diaryl/α,β-unsaturated/α-hetero) is 1. The average Bonchev–Trinajstić information content (AvgIpc) is 3.46. The number of benzene rings is 2. The van der Waals surface area contributed by atoms with Crippen LogP contribution in [-0.4, -0.2) is 42.5 Å². The second kappa shape index (κ2) is 9.74. The van der Waals surface area contributed by atoms with Crippen LogP contribution in [0.3, 0.4) is 0 Å². The van der Waals surface area contributed by atoms with Crippen LogP contribution in [0.5, 0.6) is 17.2 Å². The number of likely N-dealkylation sites (tertiary alicyclic amines) is 1. The number of aliphatic hydroxyl groups excluding tert-OH is 1. The number of aliphatic hydroxyl groups is 1. The van der Waals surface area contributed by atoms with Gasteiger partial charge in [-0.1, -0.05) is 12.1 Å². The van der Waals surface area contributed by atoms with Crippen LogP contribution in [-0.2, 0) is 16.1 Å². The van der Waals surface area contributed by atoms with Crippen molar-refractivity contribution in [3.05, 3.63) is 83.3 Å². The average molecular weight is 463 g/mol. The van der Waals surface area contributed by atoms with Crippen LogP contribution in [0.1, 0.15) is 29.9 Å². The minimum atomic E-state index is -0.850. The minimum absolute atomic E-state index is 0.0488. The van der Waals surface area contributed by atoms with Crippen LogP contribution >= 0.6 is 0 Å². The fourth-order valence-electron chi connectivity index (χ4n) is 4.02. The van der Waals surface area contributed by atoms with E-state index in [-0.39, 0.29) is 23.4 Å². The molecule has 3 aromatic rings. The Morgan fingerprint density at radius 3 is 2.38 bits per heavy atom. The number of methoxy groups -OCH3 is 2. The van der Waals surface area contributed by atoms with Crippen molar-refractivity contribution in [2.24, 2.45) is 0 Å².